The first-order chi connectivity index (χ1) is 21.2. The number of nitrogens with one attached hydrogen (secondary N) is 1. The van der Waals surface area contributed by atoms with Gasteiger partial charge in [-0.3, -0.25) is 13.9 Å². The van der Waals surface area contributed by atoms with Crippen molar-refractivity contribution in [3.63, 3.8) is 0 Å². The lowest BCUT2D eigenvalue weighted by atomic mass is 10.0. The molecule has 4 aromatic rings. The molecule has 0 fully saturated rings. The van der Waals surface area contributed by atoms with Gasteiger partial charge in [0.05, 0.1) is 10.6 Å². The minimum absolute atomic E-state index is 0.0788. The highest BCUT2D eigenvalue weighted by atomic mass is 32.2. The molecule has 236 valence electrons. The van der Waals surface area contributed by atoms with Gasteiger partial charge in [-0.2, -0.15) is 0 Å². The van der Waals surface area contributed by atoms with Crippen molar-refractivity contribution >= 4 is 27.5 Å². The van der Waals surface area contributed by atoms with Crippen molar-refractivity contribution in [2.75, 3.05) is 10.8 Å². The van der Waals surface area contributed by atoms with Crippen molar-refractivity contribution in [3.8, 4) is 0 Å². The van der Waals surface area contributed by atoms with Crippen LogP contribution < -0.4 is 9.62 Å². The summed E-state index contributed by atoms with van der Waals surface area (Å²) in [7, 11) is -4.15. The molecule has 0 spiro atoms. The lowest BCUT2D eigenvalue weighted by Crippen LogP contribution is -2.56. The first kappa shape index (κ1) is 33.5. The van der Waals surface area contributed by atoms with Crippen LogP contribution in [0.15, 0.2) is 108 Å². The van der Waals surface area contributed by atoms with E-state index < -0.39 is 34.1 Å². The Hall–Kier alpha value is -4.43. The molecule has 0 aromatic heterocycles. The van der Waals surface area contributed by atoms with Crippen molar-refractivity contribution in [1.82, 2.24) is 10.2 Å². The van der Waals surface area contributed by atoms with Crippen LogP contribution >= 0.6 is 0 Å². The Morgan fingerprint density at radius 3 is 1.93 bits per heavy atom. The summed E-state index contributed by atoms with van der Waals surface area (Å²) < 4.78 is 29.6. The number of rotatable bonds is 11. The normalized spacial score (nSPS) is 12.3. The molecule has 2 amide bonds. The molecule has 0 aliphatic rings. The lowest BCUT2D eigenvalue weighted by molar-refractivity contribution is -0.140. The first-order valence-electron chi connectivity index (χ1n) is 15.1. The van der Waals surface area contributed by atoms with E-state index in [0.29, 0.717) is 11.3 Å². The van der Waals surface area contributed by atoms with Crippen LogP contribution in [0.4, 0.5) is 5.69 Å². The second kappa shape index (κ2) is 14.1. The number of carbonyl (C=O) groups excluding carboxylic acids is 2. The molecule has 4 rings (SSSR count). The van der Waals surface area contributed by atoms with Gasteiger partial charge in [0.15, 0.2) is 0 Å². The highest BCUT2D eigenvalue weighted by Gasteiger charge is 2.36. The third-order valence-electron chi connectivity index (χ3n) is 7.49. The number of carbonyl (C=O) groups is 2. The van der Waals surface area contributed by atoms with Crippen molar-refractivity contribution in [2.24, 2.45) is 0 Å². The molecule has 8 heteroatoms. The Morgan fingerprint density at radius 2 is 1.33 bits per heavy atom. The average molecular weight is 626 g/mol. The second-order valence-corrected chi connectivity index (χ2v) is 14.4. The maximum Gasteiger partial charge on any atom is 0.264 e. The zero-order valence-electron chi connectivity index (χ0n) is 26.9. The van der Waals surface area contributed by atoms with E-state index in [0.717, 1.165) is 22.3 Å². The van der Waals surface area contributed by atoms with Crippen LogP contribution in [0.1, 0.15) is 48.6 Å². The van der Waals surface area contributed by atoms with Crippen LogP contribution in [0.3, 0.4) is 0 Å². The van der Waals surface area contributed by atoms with Crippen molar-refractivity contribution in [3.05, 3.63) is 131 Å². The van der Waals surface area contributed by atoms with Gasteiger partial charge in [0.25, 0.3) is 10.0 Å². The van der Waals surface area contributed by atoms with Crippen molar-refractivity contribution in [1.29, 1.82) is 0 Å². The van der Waals surface area contributed by atoms with E-state index in [2.05, 4.69) is 5.32 Å². The number of hydrogen-bond acceptors (Lipinski definition) is 4. The van der Waals surface area contributed by atoms with Crippen LogP contribution in [0.2, 0.25) is 0 Å². The number of sulfonamides is 1. The Balaban J connectivity index is 1.84. The fourth-order valence-electron chi connectivity index (χ4n) is 5.12. The Labute approximate surface area is 268 Å². The monoisotopic (exact) mass is 625 g/mol. The lowest BCUT2D eigenvalue weighted by Gasteiger charge is -2.35. The maximum atomic E-state index is 14.6. The molecule has 1 unspecified atom stereocenters. The number of nitrogens with zero attached hydrogens (tertiary/aromatic N) is 2. The Morgan fingerprint density at radius 1 is 0.756 bits per heavy atom. The summed E-state index contributed by atoms with van der Waals surface area (Å²) in [6.07, 6.45) is 0.259. The van der Waals surface area contributed by atoms with Crippen LogP contribution in [-0.4, -0.2) is 43.3 Å². The molecule has 0 aliphatic heterocycles. The number of aryl methyl sites for hydroxylation is 3. The third-order valence-corrected chi connectivity index (χ3v) is 9.26. The summed E-state index contributed by atoms with van der Waals surface area (Å²) in [4.78, 5) is 30.2. The van der Waals surface area contributed by atoms with Crippen LogP contribution in [0, 0.1) is 20.8 Å². The maximum absolute atomic E-state index is 14.6. The molecular formula is C37H43N3O4S. The minimum atomic E-state index is -4.15. The quantitative estimate of drug-likeness (QED) is 0.210. The molecule has 1 atom stereocenters. The molecule has 0 radical (unpaired) electrons. The number of anilines is 1. The average Bonchev–Trinajstić information content (AvgIpc) is 3.00. The molecular weight excluding hydrogens is 582 g/mol. The van der Waals surface area contributed by atoms with E-state index in [1.165, 1.54) is 21.3 Å². The van der Waals surface area contributed by atoms with Crippen LogP contribution in [0.25, 0.3) is 0 Å². The van der Waals surface area contributed by atoms with Gasteiger partial charge in [-0.15, -0.1) is 0 Å². The molecule has 7 nitrogen and oxygen atoms in total. The molecule has 0 bridgehead atoms. The topological polar surface area (TPSA) is 86.8 Å². The summed E-state index contributed by atoms with van der Waals surface area (Å²) in [6, 6.07) is 30.1. The summed E-state index contributed by atoms with van der Waals surface area (Å²) >= 11 is 0. The molecule has 4 aromatic carbocycles. The van der Waals surface area contributed by atoms with E-state index in [9.17, 15) is 18.0 Å². The van der Waals surface area contributed by atoms with Gasteiger partial charge >= 0.3 is 0 Å². The molecule has 0 saturated carbocycles. The second-order valence-electron chi connectivity index (χ2n) is 12.6. The predicted molar refractivity (Wildman–Crippen MR) is 180 cm³/mol. The van der Waals surface area contributed by atoms with Gasteiger partial charge in [0, 0.05) is 18.5 Å². The van der Waals surface area contributed by atoms with Gasteiger partial charge in [-0.05, 0) is 82.0 Å². The Kier molecular flexibility index (Phi) is 10.5. The number of amides is 2. The molecule has 1 N–H and O–H groups in total. The molecule has 45 heavy (non-hydrogen) atoms. The molecule has 0 saturated heterocycles. The third kappa shape index (κ3) is 8.82. The Bertz CT molecular complexity index is 1720. The van der Waals surface area contributed by atoms with E-state index in [1.54, 1.807) is 24.3 Å². The summed E-state index contributed by atoms with van der Waals surface area (Å²) in [5.41, 5.74) is 4.23. The van der Waals surface area contributed by atoms with Gasteiger partial charge in [-0.25, -0.2) is 8.42 Å². The van der Waals surface area contributed by atoms with Gasteiger partial charge < -0.3 is 10.2 Å². The fraction of sp³-hybridized carbons (Fsp3) is 0.297. The highest BCUT2D eigenvalue weighted by Crippen LogP contribution is 2.29. The summed E-state index contributed by atoms with van der Waals surface area (Å²) in [6.45, 7) is 11.0. The zero-order valence-corrected chi connectivity index (χ0v) is 27.8. The summed E-state index contributed by atoms with van der Waals surface area (Å²) in [5, 5.41) is 3.06. The SMILES string of the molecule is Cc1ccc(CN(C(=O)CN(c2cc(C)ccc2C)S(=O)(=O)c2ccccc2)C(Cc2ccccc2)C(=O)NC(C)(C)C)cc1. The van der Waals surface area contributed by atoms with E-state index in [-0.39, 0.29) is 23.8 Å². The molecule has 0 heterocycles. The van der Waals surface area contributed by atoms with Gasteiger partial charge in [0.1, 0.15) is 12.6 Å². The summed E-state index contributed by atoms with van der Waals surface area (Å²) in [5.74, 6) is -0.794. The van der Waals surface area contributed by atoms with Crippen LogP contribution in [0.5, 0.6) is 0 Å². The molecule has 0 aliphatic carbocycles. The predicted octanol–water partition coefficient (Wildman–Crippen LogP) is 6.36. The minimum Gasteiger partial charge on any atom is -0.350 e. The fourth-order valence-corrected chi connectivity index (χ4v) is 6.61. The van der Waals surface area contributed by atoms with E-state index in [4.69, 9.17) is 0 Å². The van der Waals surface area contributed by atoms with Crippen molar-refractivity contribution in [2.45, 2.75) is 71.0 Å². The zero-order chi connectivity index (χ0) is 32.8. The van der Waals surface area contributed by atoms with Crippen molar-refractivity contribution < 1.29 is 18.0 Å². The van der Waals surface area contributed by atoms with E-state index in [1.807, 2.05) is 108 Å². The van der Waals surface area contributed by atoms with E-state index >= 15 is 0 Å². The number of benzene rings is 4. The van der Waals surface area contributed by atoms with Gasteiger partial charge in [-0.1, -0.05) is 90.5 Å². The number of hydrogen-bond donors (Lipinski definition) is 1. The van der Waals surface area contributed by atoms with Gasteiger partial charge in [0.2, 0.25) is 11.8 Å². The standard InChI is InChI=1S/C37H43N3O4S/c1-27-18-21-31(22-19-27)25-39(34(36(42)38-37(4,5)6)24-30-13-9-7-10-14-30)35(41)26-40(33-23-28(2)17-20-29(33)3)45(43,44)32-15-11-8-12-16-32/h7-23,34H,24-26H2,1-6H3,(H,38,42). The first-order valence-corrected chi connectivity index (χ1v) is 16.5. The smallest absolute Gasteiger partial charge is 0.264 e. The van der Waals surface area contributed by atoms with Crippen LogP contribution in [-0.2, 0) is 32.6 Å². The largest absolute Gasteiger partial charge is 0.350 e. The highest BCUT2D eigenvalue weighted by molar-refractivity contribution is 7.92.